The molecule has 4 N–H and O–H groups in total. The molecule has 8 nitrogen and oxygen atoms in total. The Kier molecular flexibility index (Phi) is 17.4. The third kappa shape index (κ3) is 14.1. The zero-order valence-corrected chi connectivity index (χ0v) is 34.4. The van der Waals surface area contributed by atoms with E-state index in [-0.39, 0.29) is 11.7 Å². The quantitative estimate of drug-likeness (QED) is 0.139. The van der Waals surface area contributed by atoms with Gasteiger partial charge in [0.15, 0.2) is 0 Å². The van der Waals surface area contributed by atoms with Crippen LogP contribution in [0.4, 0.5) is 4.39 Å². The van der Waals surface area contributed by atoms with Crippen LogP contribution in [0.3, 0.4) is 0 Å². The Balaban J connectivity index is 1.16. The molecule has 0 aliphatic carbocycles. The minimum atomic E-state index is -0.208. The molecule has 3 aromatic carbocycles. The van der Waals surface area contributed by atoms with Gasteiger partial charge in [-0.25, -0.2) is 4.39 Å². The van der Waals surface area contributed by atoms with Crippen molar-refractivity contribution < 1.29 is 4.39 Å². The fourth-order valence-electron chi connectivity index (χ4n) is 8.00. The summed E-state index contributed by atoms with van der Waals surface area (Å²) in [4.78, 5) is 14.9. The molecule has 2 bridgehead atoms. The number of halogens is 1. The molecule has 0 fully saturated rings. The van der Waals surface area contributed by atoms with Crippen LogP contribution in [0.5, 0.6) is 0 Å². The van der Waals surface area contributed by atoms with Crippen molar-refractivity contribution in [1.29, 1.82) is 0 Å². The van der Waals surface area contributed by atoms with Crippen molar-refractivity contribution in [3.05, 3.63) is 148 Å². The predicted octanol–water partition coefficient (Wildman–Crippen LogP) is 7.41. The summed E-state index contributed by atoms with van der Waals surface area (Å²) in [6.07, 6.45) is 7.40. The summed E-state index contributed by atoms with van der Waals surface area (Å²) in [7, 11) is 0. The van der Waals surface area contributed by atoms with Crippen molar-refractivity contribution in [1.82, 2.24) is 36.1 Å². The first kappa shape index (κ1) is 42.5. The van der Waals surface area contributed by atoms with Crippen molar-refractivity contribution >= 4 is 5.71 Å². The number of allylic oxidation sites excluding steroid dienone is 1. The minimum absolute atomic E-state index is 0.00810. The van der Waals surface area contributed by atoms with E-state index < -0.39 is 0 Å². The maximum atomic E-state index is 14.3. The molecular weight excluding hydrogens is 708 g/mol. The topological polar surface area (TPSA) is 79.8 Å². The molecule has 9 heteroatoms. The van der Waals surface area contributed by atoms with Crippen LogP contribution < -0.4 is 21.3 Å². The van der Waals surface area contributed by atoms with Gasteiger partial charge < -0.3 is 21.3 Å². The van der Waals surface area contributed by atoms with Gasteiger partial charge in [0.05, 0.1) is 11.4 Å². The van der Waals surface area contributed by atoms with Crippen molar-refractivity contribution in [3.8, 4) is 0 Å². The van der Waals surface area contributed by atoms with Crippen LogP contribution in [0.2, 0.25) is 0 Å². The highest BCUT2D eigenvalue weighted by atomic mass is 19.1. The van der Waals surface area contributed by atoms with E-state index in [9.17, 15) is 4.39 Å². The van der Waals surface area contributed by atoms with Crippen molar-refractivity contribution in [3.63, 3.8) is 0 Å². The van der Waals surface area contributed by atoms with E-state index in [1.807, 2.05) is 12.1 Å². The lowest BCUT2D eigenvalue weighted by Crippen LogP contribution is -2.32. The first-order chi connectivity index (χ1) is 28.1. The number of rotatable bonds is 8. The highest BCUT2D eigenvalue weighted by Crippen LogP contribution is 2.33. The van der Waals surface area contributed by atoms with E-state index >= 15 is 0 Å². The maximum absolute atomic E-state index is 14.3. The van der Waals surface area contributed by atoms with Gasteiger partial charge in [-0.15, -0.1) is 0 Å². The standard InChI is InChI=1S/C48H65FN8/c1-3-44-32-50-22-8-26-56(27-9-23-51-33-45(4-2)54-44)36-38-12-5-14-41(30-38)48(40-18-20-43(49)21-19-40)42-15-6-13-39(31-42)37-57-28-10-24-52-34-46-16-7-17-47(55-46)35-53-25-11-29-57/h3,5-7,12-21,30-31,48,50-53H,4,8-11,22-29,32-37H2,1-2H3/b44-3-,54-45?. The van der Waals surface area contributed by atoms with Crippen molar-refractivity contribution in [2.75, 3.05) is 65.4 Å². The number of hydrogen-bond donors (Lipinski definition) is 4. The van der Waals surface area contributed by atoms with Gasteiger partial charge in [0.2, 0.25) is 0 Å². The van der Waals surface area contributed by atoms with Crippen molar-refractivity contribution in [2.24, 2.45) is 4.99 Å². The molecule has 0 saturated carbocycles. The normalized spacial score (nSPS) is 19.3. The lowest BCUT2D eigenvalue weighted by atomic mass is 9.84. The fraction of sp³-hybridized carbons (Fsp3) is 0.458. The van der Waals surface area contributed by atoms with Gasteiger partial charge in [-0.2, -0.15) is 0 Å². The Bertz CT molecular complexity index is 1830. The van der Waals surface area contributed by atoms with E-state index in [1.165, 1.54) is 28.0 Å². The molecule has 57 heavy (non-hydrogen) atoms. The Morgan fingerprint density at radius 1 is 0.614 bits per heavy atom. The first-order valence-corrected chi connectivity index (χ1v) is 21.4. The first-order valence-electron chi connectivity index (χ1n) is 21.4. The molecule has 0 saturated heterocycles. The Morgan fingerprint density at radius 2 is 1.11 bits per heavy atom. The van der Waals surface area contributed by atoms with Gasteiger partial charge in [0.1, 0.15) is 5.82 Å². The van der Waals surface area contributed by atoms with Crippen LogP contribution in [0.25, 0.3) is 0 Å². The maximum Gasteiger partial charge on any atom is 0.123 e. The summed E-state index contributed by atoms with van der Waals surface area (Å²) in [6.45, 7) is 17.3. The number of pyridine rings is 1. The number of nitrogens with one attached hydrogen (secondary N) is 4. The highest BCUT2D eigenvalue weighted by Gasteiger charge is 2.19. The fourth-order valence-corrected chi connectivity index (χ4v) is 8.00. The monoisotopic (exact) mass is 773 g/mol. The second-order valence-corrected chi connectivity index (χ2v) is 15.6. The lowest BCUT2D eigenvalue weighted by Gasteiger charge is -2.25. The summed E-state index contributed by atoms with van der Waals surface area (Å²) >= 11 is 0. The molecule has 304 valence electrons. The van der Waals surface area contributed by atoms with E-state index in [0.717, 1.165) is 146 Å². The smallest absolute Gasteiger partial charge is 0.123 e. The van der Waals surface area contributed by atoms with E-state index in [2.05, 4.69) is 118 Å². The molecular formula is C48H65FN8. The molecule has 1 aromatic heterocycles. The van der Waals surface area contributed by atoms with Crippen LogP contribution in [0.15, 0.2) is 108 Å². The van der Waals surface area contributed by atoms with E-state index in [4.69, 9.17) is 9.98 Å². The van der Waals surface area contributed by atoms with E-state index in [1.54, 1.807) is 12.1 Å². The van der Waals surface area contributed by atoms with Gasteiger partial charge in [0, 0.05) is 56.6 Å². The van der Waals surface area contributed by atoms with Gasteiger partial charge in [-0.05, 0) is 143 Å². The van der Waals surface area contributed by atoms with Crippen LogP contribution in [-0.4, -0.2) is 85.9 Å². The third-order valence-corrected chi connectivity index (χ3v) is 11.1. The average molecular weight is 773 g/mol. The van der Waals surface area contributed by atoms with Crippen LogP contribution >= 0.6 is 0 Å². The highest BCUT2D eigenvalue weighted by molar-refractivity contribution is 5.87. The SMILES string of the molecule is C/C=C1/CNCCCN(Cc2cccc(C(c3ccc(F)cc3)c3cccc(CN4CCCNCc5cccc(n5)CNCCC4)c3)c2)CCCNCC(CC)=N1. The Labute approximate surface area is 341 Å². The van der Waals surface area contributed by atoms with Gasteiger partial charge >= 0.3 is 0 Å². The average Bonchev–Trinajstić information content (AvgIpc) is 3.22. The number of nitrogens with zero attached hydrogens (tertiary/aromatic N) is 4. The van der Waals surface area contributed by atoms with Crippen LogP contribution in [0, 0.1) is 5.82 Å². The Morgan fingerprint density at radius 3 is 1.61 bits per heavy atom. The lowest BCUT2D eigenvalue weighted by molar-refractivity contribution is 0.256. The van der Waals surface area contributed by atoms with Crippen LogP contribution in [-0.2, 0) is 26.2 Å². The van der Waals surface area contributed by atoms with Gasteiger partial charge in [-0.1, -0.05) is 79.7 Å². The number of fused-ring (bicyclic) bond motifs is 2. The summed E-state index contributed by atoms with van der Waals surface area (Å²) in [5.41, 5.74) is 10.7. The van der Waals surface area contributed by atoms with Gasteiger partial charge in [0.25, 0.3) is 0 Å². The third-order valence-electron chi connectivity index (χ3n) is 11.1. The summed E-state index contributed by atoms with van der Waals surface area (Å²) < 4.78 is 14.3. The predicted molar refractivity (Wildman–Crippen MR) is 234 cm³/mol. The largest absolute Gasteiger partial charge is 0.311 e. The zero-order valence-electron chi connectivity index (χ0n) is 34.4. The molecule has 1 unspecified atom stereocenters. The Hall–Kier alpha value is -4.09. The number of aliphatic imine (C=N–C) groups is 1. The molecule has 0 radical (unpaired) electrons. The van der Waals surface area contributed by atoms with Gasteiger partial charge in [-0.3, -0.25) is 19.8 Å². The zero-order chi connectivity index (χ0) is 39.5. The number of benzene rings is 3. The molecule has 0 amide bonds. The summed E-state index contributed by atoms with van der Waals surface area (Å²) in [6, 6.07) is 31.6. The van der Waals surface area contributed by atoms with E-state index in [0.29, 0.717) is 0 Å². The second-order valence-electron chi connectivity index (χ2n) is 15.6. The molecule has 2 aliphatic heterocycles. The molecule has 0 spiro atoms. The summed E-state index contributed by atoms with van der Waals surface area (Å²) in [5, 5.41) is 14.5. The number of hydrogen-bond acceptors (Lipinski definition) is 8. The van der Waals surface area contributed by atoms with Crippen molar-refractivity contribution in [2.45, 2.75) is 78.0 Å². The molecule has 4 aromatic rings. The molecule has 1 atom stereocenters. The molecule has 6 rings (SSSR count). The number of aromatic nitrogens is 1. The summed E-state index contributed by atoms with van der Waals surface area (Å²) in [5.74, 6) is -0.216. The minimum Gasteiger partial charge on any atom is -0.311 e. The van der Waals surface area contributed by atoms with Crippen LogP contribution in [0.1, 0.15) is 91.1 Å². The second kappa shape index (κ2) is 23.3. The molecule has 2 aliphatic rings. The molecule has 3 heterocycles.